The van der Waals surface area contributed by atoms with Gasteiger partial charge in [0.05, 0.1) is 5.56 Å². The van der Waals surface area contributed by atoms with Crippen molar-refractivity contribution >= 4 is 5.97 Å². The number of benzene rings is 1. The number of carbonyl (C=O) groups is 1. The summed E-state index contributed by atoms with van der Waals surface area (Å²) in [5, 5.41) is 0. The third-order valence-corrected chi connectivity index (χ3v) is 1.98. The molecule has 0 heterocycles. The average molecular weight is 228 g/mol. The van der Waals surface area contributed by atoms with Crippen LogP contribution in [0.2, 0.25) is 0 Å². The van der Waals surface area contributed by atoms with Gasteiger partial charge in [0, 0.05) is 0 Å². The van der Waals surface area contributed by atoms with E-state index < -0.39 is 0 Å². The largest absolute Gasteiger partial charge is 0.458 e. The molecule has 0 saturated heterocycles. The molecule has 0 radical (unpaired) electrons. The zero-order valence-corrected chi connectivity index (χ0v) is 9.87. The standard InChI is InChI=1S/C15H16O2/c1-2-3-4-5-6-10-13-17-15(16)14-11-8-7-9-12-14/h2-12H,13H2,1H3. The summed E-state index contributed by atoms with van der Waals surface area (Å²) in [5.41, 5.74) is 0.574. The molecule has 1 rings (SSSR count). The summed E-state index contributed by atoms with van der Waals surface area (Å²) < 4.78 is 5.06. The molecule has 0 atom stereocenters. The summed E-state index contributed by atoms with van der Waals surface area (Å²) in [5.74, 6) is -0.298. The third-order valence-electron chi connectivity index (χ3n) is 1.98. The molecule has 0 aliphatic rings. The molecule has 1 aromatic carbocycles. The molecule has 0 unspecified atom stereocenters. The van der Waals surface area contributed by atoms with Crippen LogP contribution in [0.3, 0.4) is 0 Å². The van der Waals surface area contributed by atoms with Crippen molar-refractivity contribution in [2.24, 2.45) is 0 Å². The first-order chi connectivity index (χ1) is 8.34. The number of ether oxygens (including phenoxy) is 1. The van der Waals surface area contributed by atoms with Crippen LogP contribution in [0, 0.1) is 0 Å². The zero-order valence-electron chi connectivity index (χ0n) is 9.87. The first kappa shape index (κ1) is 13.0. The van der Waals surface area contributed by atoms with Crippen LogP contribution >= 0.6 is 0 Å². The lowest BCUT2D eigenvalue weighted by Gasteiger charge is -2.00. The van der Waals surface area contributed by atoms with Crippen LogP contribution in [-0.4, -0.2) is 12.6 Å². The average Bonchev–Trinajstić information content (AvgIpc) is 2.38. The topological polar surface area (TPSA) is 26.3 Å². The fourth-order valence-electron chi connectivity index (χ4n) is 1.15. The molecule has 0 saturated carbocycles. The predicted octanol–water partition coefficient (Wildman–Crippen LogP) is 3.53. The zero-order chi connectivity index (χ0) is 12.3. The van der Waals surface area contributed by atoms with Gasteiger partial charge in [0.15, 0.2) is 0 Å². The Hall–Kier alpha value is -2.09. The summed E-state index contributed by atoms with van der Waals surface area (Å²) in [4.78, 5) is 11.5. The van der Waals surface area contributed by atoms with E-state index in [1.807, 2.05) is 55.5 Å². The van der Waals surface area contributed by atoms with Crippen LogP contribution in [0.5, 0.6) is 0 Å². The SMILES string of the molecule is CC=CC=CC=CCOC(=O)c1ccccc1. The van der Waals surface area contributed by atoms with E-state index in [0.29, 0.717) is 5.56 Å². The fraction of sp³-hybridized carbons (Fsp3) is 0.133. The summed E-state index contributed by atoms with van der Waals surface area (Å²) >= 11 is 0. The van der Waals surface area contributed by atoms with Gasteiger partial charge in [0.2, 0.25) is 0 Å². The number of hydrogen-bond acceptors (Lipinski definition) is 2. The van der Waals surface area contributed by atoms with E-state index in [4.69, 9.17) is 4.74 Å². The summed E-state index contributed by atoms with van der Waals surface area (Å²) in [6.45, 7) is 2.24. The molecule has 2 heteroatoms. The van der Waals surface area contributed by atoms with E-state index in [0.717, 1.165) is 0 Å². The van der Waals surface area contributed by atoms with Gasteiger partial charge < -0.3 is 4.74 Å². The number of rotatable bonds is 5. The molecule has 0 bridgehead atoms. The van der Waals surface area contributed by atoms with Crippen molar-refractivity contribution in [3.8, 4) is 0 Å². The minimum absolute atomic E-state index is 0.286. The van der Waals surface area contributed by atoms with Crippen LogP contribution in [0.1, 0.15) is 17.3 Å². The monoisotopic (exact) mass is 228 g/mol. The minimum atomic E-state index is -0.298. The summed E-state index contributed by atoms with van der Waals surface area (Å²) in [6.07, 6.45) is 11.3. The van der Waals surface area contributed by atoms with Gasteiger partial charge in [-0.2, -0.15) is 0 Å². The van der Waals surface area contributed by atoms with Gasteiger partial charge in [-0.25, -0.2) is 4.79 Å². The van der Waals surface area contributed by atoms with Gasteiger partial charge in [-0.1, -0.05) is 48.6 Å². The normalized spacial score (nSPS) is 11.6. The maximum atomic E-state index is 11.5. The van der Waals surface area contributed by atoms with Crippen molar-refractivity contribution in [3.63, 3.8) is 0 Å². The Morgan fingerprint density at radius 3 is 2.53 bits per heavy atom. The molecule has 2 nitrogen and oxygen atoms in total. The molecule has 17 heavy (non-hydrogen) atoms. The molecule has 0 aliphatic carbocycles. The third kappa shape index (κ3) is 5.52. The molecule has 88 valence electrons. The smallest absolute Gasteiger partial charge is 0.338 e. The Kier molecular flexibility index (Phi) is 6.19. The van der Waals surface area contributed by atoms with E-state index >= 15 is 0 Å². The minimum Gasteiger partial charge on any atom is -0.458 e. The molecular formula is C15H16O2. The van der Waals surface area contributed by atoms with E-state index in [9.17, 15) is 4.79 Å². The summed E-state index contributed by atoms with van der Waals surface area (Å²) in [6, 6.07) is 8.96. The van der Waals surface area contributed by atoms with Gasteiger partial charge in [-0.15, -0.1) is 0 Å². The number of hydrogen-bond donors (Lipinski definition) is 0. The number of allylic oxidation sites excluding steroid dienone is 5. The molecule has 0 aromatic heterocycles. The maximum absolute atomic E-state index is 11.5. The molecule has 0 amide bonds. The number of esters is 1. The number of carbonyl (C=O) groups excluding carboxylic acids is 1. The maximum Gasteiger partial charge on any atom is 0.338 e. The van der Waals surface area contributed by atoms with Crippen LogP contribution in [0.4, 0.5) is 0 Å². The summed E-state index contributed by atoms with van der Waals surface area (Å²) in [7, 11) is 0. The highest BCUT2D eigenvalue weighted by molar-refractivity contribution is 5.89. The highest BCUT2D eigenvalue weighted by Gasteiger charge is 2.03. The van der Waals surface area contributed by atoms with Gasteiger partial charge >= 0.3 is 5.97 Å². The predicted molar refractivity (Wildman–Crippen MR) is 69.8 cm³/mol. The molecule has 0 aliphatic heterocycles. The van der Waals surface area contributed by atoms with E-state index in [-0.39, 0.29) is 12.6 Å². The molecular weight excluding hydrogens is 212 g/mol. The van der Waals surface area contributed by atoms with Crippen molar-refractivity contribution in [1.29, 1.82) is 0 Å². The molecule has 0 fully saturated rings. The highest BCUT2D eigenvalue weighted by Crippen LogP contribution is 2.00. The van der Waals surface area contributed by atoms with Gasteiger partial charge in [0.1, 0.15) is 6.61 Å². The lowest BCUT2D eigenvalue weighted by molar-refractivity contribution is 0.0549. The van der Waals surface area contributed by atoms with Gasteiger partial charge in [-0.05, 0) is 25.1 Å². The Balaban J connectivity index is 2.30. The molecule has 0 spiro atoms. The van der Waals surface area contributed by atoms with Crippen LogP contribution in [-0.2, 0) is 4.74 Å². The van der Waals surface area contributed by atoms with Crippen LogP contribution < -0.4 is 0 Å². The first-order valence-corrected chi connectivity index (χ1v) is 5.51. The van der Waals surface area contributed by atoms with Crippen molar-refractivity contribution < 1.29 is 9.53 Å². The Labute approximate surface area is 102 Å². The van der Waals surface area contributed by atoms with Gasteiger partial charge in [-0.3, -0.25) is 0 Å². The van der Waals surface area contributed by atoms with Crippen molar-refractivity contribution in [3.05, 3.63) is 72.4 Å². The van der Waals surface area contributed by atoms with Crippen LogP contribution in [0.15, 0.2) is 66.8 Å². The second kappa shape index (κ2) is 8.11. The lowest BCUT2D eigenvalue weighted by Crippen LogP contribution is -2.04. The second-order valence-electron chi connectivity index (χ2n) is 3.30. The first-order valence-electron chi connectivity index (χ1n) is 5.51. The van der Waals surface area contributed by atoms with Crippen LogP contribution in [0.25, 0.3) is 0 Å². The highest BCUT2D eigenvalue weighted by atomic mass is 16.5. The van der Waals surface area contributed by atoms with Crippen molar-refractivity contribution in [2.75, 3.05) is 6.61 Å². The Morgan fingerprint density at radius 2 is 1.82 bits per heavy atom. The van der Waals surface area contributed by atoms with Crippen molar-refractivity contribution in [1.82, 2.24) is 0 Å². The van der Waals surface area contributed by atoms with E-state index in [1.54, 1.807) is 18.2 Å². The Bertz CT molecular complexity index is 414. The Morgan fingerprint density at radius 1 is 1.12 bits per heavy atom. The quantitative estimate of drug-likeness (QED) is 0.569. The lowest BCUT2D eigenvalue weighted by atomic mass is 10.2. The van der Waals surface area contributed by atoms with E-state index in [2.05, 4.69) is 0 Å². The van der Waals surface area contributed by atoms with E-state index in [1.165, 1.54) is 0 Å². The fourth-order valence-corrected chi connectivity index (χ4v) is 1.15. The molecule has 1 aromatic rings. The van der Waals surface area contributed by atoms with Gasteiger partial charge in [0.25, 0.3) is 0 Å². The molecule has 0 N–H and O–H groups in total. The van der Waals surface area contributed by atoms with Crippen molar-refractivity contribution in [2.45, 2.75) is 6.92 Å². The second-order valence-corrected chi connectivity index (χ2v) is 3.30.